The van der Waals surface area contributed by atoms with E-state index in [0.717, 1.165) is 29.8 Å². The second-order valence-corrected chi connectivity index (χ2v) is 3.74. The van der Waals surface area contributed by atoms with Gasteiger partial charge in [-0.3, -0.25) is 0 Å². The molecule has 4 heteroatoms. The van der Waals surface area contributed by atoms with Gasteiger partial charge in [-0.05, 0) is 6.42 Å². The number of unbranched alkanes of at least 4 members (excludes halogenated alkanes) is 2. The monoisotopic (exact) mass is 203 g/mol. The highest BCUT2D eigenvalue weighted by atomic mass is 15.1. The number of hydrogen-bond acceptors (Lipinski definition) is 3. The Hall–Kier alpha value is -1.45. The molecule has 0 amide bonds. The lowest BCUT2D eigenvalue weighted by atomic mass is 10.2. The van der Waals surface area contributed by atoms with Crippen molar-refractivity contribution >= 4 is 11.2 Å². The summed E-state index contributed by atoms with van der Waals surface area (Å²) in [6.45, 7) is 2.19. The predicted molar refractivity (Wildman–Crippen MR) is 58.4 cm³/mol. The Bertz CT molecular complexity index is 447. The Morgan fingerprint density at radius 3 is 3.07 bits per heavy atom. The normalized spacial score (nSPS) is 11.1. The highest BCUT2D eigenvalue weighted by Gasteiger charge is 2.04. The van der Waals surface area contributed by atoms with Gasteiger partial charge in [-0.1, -0.05) is 19.8 Å². The molecule has 2 rings (SSSR count). The van der Waals surface area contributed by atoms with Crippen molar-refractivity contribution in [1.29, 1.82) is 0 Å². The quantitative estimate of drug-likeness (QED) is 0.713. The fraction of sp³-hybridized carbons (Fsp3) is 0.545. The van der Waals surface area contributed by atoms with Crippen molar-refractivity contribution < 1.29 is 0 Å². The largest absolute Gasteiger partial charge is 0.318 e. The Morgan fingerprint density at radius 2 is 2.27 bits per heavy atom. The maximum atomic E-state index is 4.46. The molecular formula is C11H15N4. The van der Waals surface area contributed by atoms with E-state index in [4.69, 9.17) is 0 Å². The Balaban J connectivity index is 2.18. The molecule has 1 radical (unpaired) electrons. The van der Waals surface area contributed by atoms with Crippen molar-refractivity contribution in [2.45, 2.75) is 32.6 Å². The summed E-state index contributed by atoms with van der Waals surface area (Å²) in [6.07, 6.45) is 9.20. The first kappa shape index (κ1) is 10.1. The third kappa shape index (κ3) is 2.14. The maximum absolute atomic E-state index is 4.46. The number of fused-ring (bicyclic) bond motifs is 1. The molecule has 79 valence electrons. The first-order valence-electron chi connectivity index (χ1n) is 5.37. The average Bonchev–Trinajstić information content (AvgIpc) is 2.61. The molecule has 0 aliphatic heterocycles. The number of aryl methyl sites for hydroxylation is 2. The number of rotatable bonds is 4. The molecule has 2 aromatic rings. The van der Waals surface area contributed by atoms with Gasteiger partial charge >= 0.3 is 0 Å². The van der Waals surface area contributed by atoms with Crippen LogP contribution < -0.4 is 0 Å². The minimum atomic E-state index is 0.747. The number of nitrogens with zero attached hydrogens (tertiary/aromatic N) is 4. The van der Waals surface area contributed by atoms with Crippen LogP contribution in [0.1, 0.15) is 32.0 Å². The Labute approximate surface area is 89.4 Å². The molecule has 0 fully saturated rings. The van der Waals surface area contributed by atoms with E-state index >= 15 is 0 Å². The van der Waals surface area contributed by atoms with E-state index in [1.165, 1.54) is 12.8 Å². The first-order chi connectivity index (χ1) is 7.31. The van der Waals surface area contributed by atoms with Gasteiger partial charge in [-0.25, -0.2) is 15.0 Å². The third-order valence-corrected chi connectivity index (χ3v) is 2.44. The van der Waals surface area contributed by atoms with Crippen LogP contribution >= 0.6 is 0 Å². The summed E-state index contributed by atoms with van der Waals surface area (Å²) in [4.78, 5) is 12.8. The van der Waals surface area contributed by atoms with Crippen molar-refractivity contribution in [2.24, 2.45) is 7.05 Å². The lowest BCUT2D eigenvalue weighted by Crippen LogP contribution is -1.97. The van der Waals surface area contributed by atoms with E-state index in [-0.39, 0.29) is 0 Å². The first-order valence-corrected chi connectivity index (χ1v) is 5.37. The summed E-state index contributed by atoms with van der Waals surface area (Å²) in [7, 11) is 1.94. The molecule has 4 nitrogen and oxygen atoms in total. The zero-order chi connectivity index (χ0) is 10.7. The summed E-state index contributed by atoms with van der Waals surface area (Å²) < 4.78 is 1.90. The number of aromatic nitrogens is 4. The van der Waals surface area contributed by atoms with Crippen LogP contribution in [0.4, 0.5) is 0 Å². The van der Waals surface area contributed by atoms with E-state index < -0.39 is 0 Å². The van der Waals surface area contributed by atoms with Crippen molar-refractivity contribution in [1.82, 2.24) is 19.5 Å². The molecule has 0 aliphatic carbocycles. The molecule has 2 heterocycles. The van der Waals surface area contributed by atoms with Crippen LogP contribution in [0.2, 0.25) is 0 Å². The summed E-state index contributed by atoms with van der Waals surface area (Å²) >= 11 is 0. The van der Waals surface area contributed by atoms with Crippen LogP contribution in [0.25, 0.3) is 11.2 Å². The summed E-state index contributed by atoms with van der Waals surface area (Å²) in [5.74, 6) is 0.875. The van der Waals surface area contributed by atoms with Crippen LogP contribution in [-0.2, 0) is 13.5 Å². The molecule has 15 heavy (non-hydrogen) atoms. The molecule has 0 aromatic carbocycles. The van der Waals surface area contributed by atoms with Crippen molar-refractivity contribution in [2.75, 3.05) is 0 Å². The van der Waals surface area contributed by atoms with Gasteiger partial charge in [0.1, 0.15) is 17.5 Å². The van der Waals surface area contributed by atoms with E-state index in [9.17, 15) is 0 Å². The molecule has 2 aromatic heterocycles. The second-order valence-electron chi connectivity index (χ2n) is 3.74. The Kier molecular flexibility index (Phi) is 2.94. The molecule has 0 spiro atoms. The third-order valence-electron chi connectivity index (χ3n) is 2.44. The predicted octanol–water partition coefficient (Wildman–Crippen LogP) is 1.90. The van der Waals surface area contributed by atoms with Gasteiger partial charge in [0.05, 0.1) is 6.33 Å². The number of hydrogen-bond donors (Lipinski definition) is 0. The lowest BCUT2D eigenvalue weighted by molar-refractivity contribution is 0.694. The fourth-order valence-electron chi connectivity index (χ4n) is 1.54. The van der Waals surface area contributed by atoms with Crippen LogP contribution in [0.15, 0.2) is 6.33 Å². The molecular weight excluding hydrogens is 188 g/mol. The topological polar surface area (TPSA) is 43.6 Å². The van der Waals surface area contributed by atoms with Gasteiger partial charge in [0.15, 0.2) is 5.65 Å². The van der Waals surface area contributed by atoms with E-state index in [2.05, 4.69) is 28.1 Å². The van der Waals surface area contributed by atoms with Gasteiger partial charge in [0, 0.05) is 13.5 Å². The Morgan fingerprint density at radius 1 is 1.40 bits per heavy atom. The standard InChI is InChI=1S/C11H15N4/c1-3-4-5-6-10-12-7-9-11(14-10)15(2)8-13-9/h8H,3-6H2,1-2H3. The fourth-order valence-corrected chi connectivity index (χ4v) is 1.54. The van der Waals surface area contributed by atoms with Gasteiger partial charge in [0.25, 0.3) is 0 Å². The zero-order valence-electron chi connectivity index (χ0n) is 9.19. The van der Waals surface area contributed by atoms with E-state index in [1.54, 1.807) is 6.33 Å². The molecule has 0 saturated carbocycles. The zero-order valence-corrected chi connectivity index (χ0v) is 9.19. The van der Waals surface area contributed by atoms with Gasteiger partial charge in [0.2, 0.25) is 0 Å². The van der Waals surface area contributed by atoms with Gasteiger partial charge < -0.3 is 4.57 Å². The highest BCUT2D eigenvalue weighted by molar-refractivity contribution is 5.68. The second kappa shape index (κ2) is 4.38. The minimum Gasteiger partial charge on any atom is -0.318 e. The van der Waals surface area contributed by atoms with Crippen LogP contribution in [0.5, 0.6) is 0 Å². The molecule has 0 aliphatic rings. The molecule has 0 bridgehead atoms. The number of imidazole rings is 1. The average molecular weight is 203 g/mol. The molecule has 0 saturated heterocycles. The smallest absolute Gasteiger partial charge is 0.163 e. The van der Waals surface area contributed by atoms with E-state index in [0.29, 0.717) is 0 Å². The SMILES string of the molecule is CCCCCc1n[c]c2ncn(C)c2n1. The lowest BCUT2D eigenvalue weighted by Gasteiger charge is -1.99. The van der Waals surface area contributed by atoms with E-state index in [1.807, 2.05) is 11.6 Å². The van der Waals surface area contributed by atoms with Crippen LogP contribution in [0, 0.1) is 6.20 Å². The van der Waals surface area contributed by atoms with Gasteiger partial charge in [-0.2, -0.15) is 0 Å². The summed E-state index contributed by atoms with van der Waals surface area (Å²) in [5, 5.41) is 0. The maximum Gasteiger partial charge on any atom is 0.163 e. The molecule has 0 atom stereocenters. The summed E-state index contributed by atoms with van der Waals surface area (Å²) in [6, 6.07) is 0. The van der Waals surface area contributed by atoms with Crippen molar-refractivity contribution in [3.8, 4) is 0 Å². The van der Waals surface area contributed by atoms with Crippen LogP contribution in [0.3, 0.4) is 0 Å². The van der Waals surface area contributed by atoms with Crippen molar-refractivity contribution in [3.63, 3.8) is 0 Å². The van der Waals surface area contributed by atoms with Crippen LogP contribution in [-0.4, -0.2) is 19.5 Å². The molecule has 0 unspecified atom stereocenters. The van der Waals surface area contributed by atoms with Gasteiger partial charge in [-0.15, -0.1) is 0 Å². The molecule has 0 N–H and O–H groups in total. The highest BCUT2D eigenvalue weighted by Crippen LogP contribution is 2.08. The van der Waals surface area contributed by atoms with Crippen molar-refractivity contribution in [3.05, 3.63) is 18.3 Å². The summed E-state index contributed by atoms with van der Waals surface area (Å²) in [5.41, 5.74) is 1.62. The minimum absolute atomic E-state index is 0.747.